The van der Waals surface area contributed by atoms with E-state index >= 15 is 0 Å². The molecule has 0 spiro atoms. The highest BCUT2D eigenvalue weighted by atomic mass is 35.5. The second-order valence-corrected chi connectivity index (χ2v) is 6.83. The molecule has 2 heterocycles. The lowest BCUT2D eigenvalue weighted by Gasteiger charge is -2.15. The molecule has 20 heavy (non-hydrogen) atoms. The van der Waals surface area contributed by atoms with Gasteiger partial charge in [-0.15, -0.1) is 11.3 Å². The largest absolute Gasteiger partial charge is 0.270 e. The lowest BCUT2D eigenvalue weighted by Crippen LogP contribution is -2.30. The van der Waals surface area contributed by atoms with Crippen LogP contribution in [0.3, 0.4) is 0 Å². The molecule has 1 aliphatic rings. The van der Waals surface area contributed by atoms with Gasteiger partial charge in [0.15, 0.2) is 0 Å². The number of nitrogens with zero attached hydrogens (tertiary/aromatic N) is 2. The van der Waals surface area contributed by atoms with Crippen LogP contribution in [-0.2, 0) is 19.9 Å². The molecule has 1 unspecified atom stereocenters. The van der Waals surface area contributed by atoms with E-state index in [4.69, 9.17) is 17.4 Å². The zero-order valence-electron chi connectivity index (χ0n) is 11.5. The summed E-state index contributed by atoms with van der Waals surface area (Å²) < 4.78 is 1.79. The van der Waals surface area contributed by atoms with Gasteiger partial charge in [-0.25, -0.2) is 5.43 Å². The molecule has 6 heteroatoms. The Kier molecular flexibility index (Phi) is 4.12. The molecule has 108 valence electrons. The molecule has 1 aliphatic carbocycles. The lowest BCUT2D eigenvalue weighted by atomic mass is 10.1. The smallest absolute Gasteiger partial charge is 0.0985 e. The highest BCUT2D eigenvalue weighted by Gasteiger charge is 2.23. The molecule has 0 radical (unpaired) electrons. The monoisotopic (exact) mass is 310 g/mol. The fourth-order valence-corrected chi connectivity index (χ4v) is 4.47. The fourth-order valence-electron chi connectivity index (χ4n) is 2.87. The van der Waals surface area contributed by atoms with E-state index in [1.54, 1.807) is 10.9 Å². The molecule has 0 bridgehead atoms. The summed E-state index contributed by atoms with van der Waals surface area (Å²) in [5, 5.41) is 4.85. The van der Waals surface area contributed by atoms with E-state index in [-0.39, 0.29) is 6.04 Å². The third-order valence-electron chi connectivity index (χ3n) is 3.93. The number of aromatic nitrogens is 2. The second kappa shape index (κ2) is 5.85. The van der Waals surface area contributed by atoms with E-state index in [9.17, 15) is 0 Å². The van der Waals surface area contributed by atoms with Crippen LogP contribution in [0.25, 0.3) is 0 Å². The van der Waals surface area contributed by atoms with Crippen molar-refractivity contribution in [2.45, 2.75) is 38.1 Å². The van der Waals surface area contributed by atoms with Crippen molar-refractivity contribution >= 4 is 22.9 Å². The third kappa shape index (κ3) is 2.51. The summed E-state index contributed by atoms with van der Waals surface area (Å²) in [5.74, 6) is 5.78. The first-order chi connectivity index (χ1) is 9.70. The number of hydrazine groups is 1. The summed E-state index contributed by atoms with van der Waals surface area (Å²) in [6, 6.07) is 2.20. The number of rotatable bonds is 3. The summed E-state index contributed by atoms with van der Waals surface area (Å²) in [7, 11) is 1.89. The summed E-state index contributed by atoms with van der Waals surface area (Å²) >= 11 is 8.10. The Morgan fingerprint density at radius 1 is 1.40 bits per heavy atom. The van der Waals surface area contributed by atoms with E-state index < -0.39 is 0 Å². The van der Waals surface area contributed by atoms with Gasteiger partial charge in [0.05, 0.1) is 23.0 Å². The molecule has 2 aromatic heterocycles. The van der Waals surface area contributed by atoms with Crippen LogP contribution in [0.4, 0.5) is 0 Å². The van der Waals surface area contributed by atoms with Crippen molar-refractivity contribution in [2.75, 3.05) is 0 Å². The first-order valence-electron chi connectivity index (χ1n) is 6.95. The molecule has 0 aliphatic heterocycles. The fraction of sp³-hybridized carbons (Fsp3) is 0.500. The molecule has 0 fully saturated rings. The van der Waals surface area contributed by atoms with Crippen LogP contribution in [0.1, 0.15) is 46.3 Å². The minimum Gasteiger partial charge on any atom is -0.270 e. The van der Waals surface area contributed by atoms with Crippen molar-refractivity contribution < 1.29 is 0 Å². The molecule has 2 aromatic rings. The van der Waals surface area contributed by atoms with E-state index in [0.29, 0.717) is 5.02 Å². The molecule has 3 N–H and O–H groups in total. The number of nitrogens with two attached hydrogens (primary N) is 1. The van der Waals surface area contributed by atoms with Gasteiger partial charge in [-0.3, -0.25) is 10.5 Å². The standard InChI is InChI=1S/C14H19ClN4S/c1-19-14(10(15)8-17-19)13(18-16)12-7-9-5-3-2-4-6-11(9)20-12/h7-8,13,18H,2-6,16H2,1H3. The molecular formula is C14H19ClN4S. The Morgan fingerprint density at radius 3 is 2.90 bits per heavy atom. The topological polar surface area (TPSA) is 55.9 Å². The minimum absolute atomic E-state index is 0.0908. The van der Waals surface area contributed by atoms with E-state index in [1.165, 1.54) is 47.4 Å². The first-order valence-corrected chi connectivity index (χ1v) is 8.15. The molecule has 4 nitrogen and oxygen atoms in total. The second-order valence-electron chi connectivity index (χ2n) is 5.26. The molecule has 0 amide bonds. The Balaban J connectivity index is 1.98. The van der Waals surface area contributed by atoms with Gasteiger partial charge in [-0.05, 0) is 37.3 Å². The maximum atomic E-state index is 6.25. The predicted molar refractivity (Wildman–Crippen MR) is 83.0 cm³/mol. The molecular weight excluding hydrogens is 292 g/mol. The maximum Gasteiger partial charge on any atom is 0.0985 e. The molecule has 1 atom stereocenters. The summed E-state index contributed by atoms with van der Waals surface area (Å²) in [6.07, 6.45) is 7.96. The van der Waals surface area contributed by atoms with Crippen molar-refractivity contribution in [3.05, 3.63) is 38.3 Å². The van der Waals surface area contributed by atoms with Gasteiger partial charge in [0.25, 0.3) is 0 Å². The van der Waals surface area contributed by atoms with Gasteiger partial charge >= 0.3 is 0 Å². The van der Waals surface area contributed by atoms with Crippen molar-refractivity contribution in [1.82, 2.24) is 15.2 Å². The van der Waals surface area contributed by atoms with Gasteiger partial charge in [0.2, 0.25) is 0 Å². The number of fused-ring (bicyclic) bond motifs is 1. The Bertz CT molecular complexity index is 561. The van der Waals surface area contributed by atoms with Crippen molar-refractivity contribution in [1.29, 1.82) is 0 Å². The maximum absolute atomic E-state index is 6.25. The van der Waals surface area contributed by atoms with Crippen LogP contribution < -0.4 is 11.3 Å². The van der Waals surface area contributed by atoms with E-state index in [2.05, 4.69) is 16.6 Å². The van der Waals surface area contributed by atoms with Crippen LogP contribution in [0.2, 0.25) is 5.02 Å². The quantitative estimate of drug-likeness (QED) is 0.520. The Labute approximate surface area is 127 Å². The number of halogens is 1. The van der Waals surface area contributed by atoms with Gasteiger partial charge in [0.1, 0.15) is 0 Å². The van der Waals surface area contributed by atoms with Crippen LogP contribution in [-0.4, -0.2) is 9.78 Å². The highest BCUT2D eigenvalue weighted by Crippen LogP contribution is 2.36. The van der Waals surface area contributed by atoms with E-state index in [1.807, 2.05) is 18.4 Å². The molecule has 0 saturated carbocycles. The number of hydrogen-bond acceptors (Lipinski definition) is 4. The lowest BCUT2D eigenvalue weighted by molar-refractivity contribution is 0.581. The average molecular weight is 311 g/mol. The van der Waals surface area contributed by atoms with Crippen molar-refractivity contribution in [3.8, 4) is 0 Å². The number of thiophene rings is 1. The summed E-state index contributed by atoms with van der Waals surface area (Å²) in [6.45, 7) is 0. The van der Waals surface area contributed by atoms with Crippen LogP contribution in [0, 0.1) is 0 Å². The normalized spacial score (nSPS) is 16.8. The van der Waals surface area contributed by atoms with Gasteiger partial charge in [0, 0.05) is 16.8 Å². The zero-order valence-corrected chi connectivity index (χ0v) is 13.1. The van der Waals surface area contributed by atoms with Gasteiger partial charge in [-0.1, -0.05) is 18.0 Å². The minimum atomic E-state index is -0.0908. The SMILES string of the molecule is Cn1ncc(Cl)c1C(NN)c1cc2c(s1)CCCCC2. The van der Waals surface area contributed by atoms with Crippen LogP contribution >= 0.6 is 22.9 Å². The van der Waals surface area contributed by atoms with Crippen molar-refractivity contribution in [3.63, 3.8) is 0 Å². The third-order valence-corrected chi connectivity index (χ3v) is 5.52. The zero-order chi connectivity index (χ0) is 14.1. The van der Waals surface area contributed by atoms with Crippen LogP contribution in [0.15, 0.2) is 12.3 Å². The molecule has 0 saturated heterocycles. The number of hydrogen-bond donors (Lipinski definition) is 2. The number of nitrogens with one attached hydrogen (secondary N) is 1. The Hall–Kier alpha value is -0.880. The Morgan fingerprint density at radius 2 is 2.20 bits per heavy atom. The van der Waals surface area contributed by atoms with Crippen LogP contribution in [0.5, 0.6) is 0 Å². The first kappa shape index (κ1) is 14.1. The number of aryl methyl sites for hydroxylation is 3. The average Bonchev–Trinajstić information content (AvgIpc) is 2.90. The molecule has 0 aromatic carbocycles. The van der Waals surface area contributed by atoms with Gasteiger partial charge in [-0.2, -0.15) is 5.10 Å². The molecule has 3 rings (SSSR count). The summed E-state index contributed by atoms with van der Waals surface area (Å²) in [5.41, 5.74) is 5.30. The summed E-state index contributed by atoms with van der Waals surface area (Å²) in [4.78, 5) is 2.74. The van der Waals surface area contributed by atoms with Crippen molar-refractivity contribution in [2.24, 2.45) is 12.9 Å². The van der Waals surface area contributed by atoms with E-state index in [0.717, 1.165) is 5.69 Å². The highest BCUT2D eigenvalue weighted by molar-refractivity contribution is 7.12. The van der Waals surface area contributed by atoms with Gasteiger partial charge < -0.3 is 0 Å². The predicted octanol–water partition coefficient (Wildman–Crippen LogP) is 2.96.